The number of carbonyl (C=O) groups excluding carboxylic acids is 1. The SMILES string of the molecule is CCCC(C)C(=O)NC(CC)CCN. The van der Waals surface area contributed by atoms with E-state index in [2.05, 4.69) is 19.2 Å². The minimum atomic E-state index is 0.131. The van der Waals surface area contributed by atoms with Gasteiger partial charge in [0.15, 0.2) is 0 Å². The summed E-state index contributed by atoms with van der Waals surface area (Å²) in [6, 6.07) is 0.256. The van der Waals surface area contributed by atoms with Crippen molar-refractivity contribution >= 4 is 5.91 Å². The Bertz CT molecular complexity index is 159. The summed E-state index contributed by atoms with van der Waals surface area (Å²) in [5.74, 6) is 0.305. The largest absolute Gasteiger partial charge is 0.353 e. The van der Waals surface area contributed by atoms with Crippen LogP contribution < -0.4 is 11.1 Å². The van der Waals surface area contributed by atoms with Gasteiger partial charge < -0.3 is 11.1 Å². The molecule has 0 saturated heterocycles. The van der Waals surface area contributed by atoms with Gasteiger partial charge in [0.25, 0.3) is 0 Å². The first-order valence-corrected chi connectivity index (χ1v) is 5.66. The van der Waals surface area contributed by atoms with Crippen molar-refractivity contribution in [2.24, 2.45) is 11.7 Å². The van der Waals surface area contributed by atoms with Gasteiger partial charge in [-0.2, -0.15) is 0 Å². The van der Waals surface area contributed by atoms with Gasteiger partial charge in [-0.25, -0.2) is 0 Å². The molecule has 0 fully saturated rings. The van der Waals surface area contributed by atoms with Gasteiger partial charge in [0.2, 0.25) is 5.91 Å². The van der Waals surface area contributed by atoms with E-state index in [-0.39, 0.29) is 17.9 Å². The average Bonchev–Trinajstić information content (AvgIpc) is 2.17. The fourth-order valence-electron chi connectivity index (χ4n) is 1.49. The zero-order valence-electron chi connectivity index (χ0n) is 9.68. The second-order valence-electron chi connectivity index (χ2n) is 3.88. The molecule has 0 aliphatic carbocycles. The zero-order chi connectivity index (χ0) is 11.0. The van der Waals surface area contributed by atoms with Gasteiger partial charge >= 0.3 is 0 Å². The van der Waals surface area contributed by atoms with Crippen LogP contribution in [-0.2, 0) is 4.79 Å². The van der Waals surface area contributed by atoms with Crippen molar-refractivity contribution in [2.45, 2.75) is 52.5 Å². The predicted octanol–water partition coefficient (Wildman–Crippen LogP) is 1.67. The lowest BCUT2D eigenvalue weighted by atomic mass is 10.0. The van der Waals surface area contributed by atoms with Crippen LogP contribution in [0.2, 0.25) is 0 Å². The van der Waals surface area contributed by atoms with Crippen LogP contribution in [0.4, 0.5) is 0 Å². The minimum Gasteiger partial charge on any atom is -0.353 e. The topological polar surface area (TPSA) is 55.1 Å². The summed E-state index contributed by atoms with van der Waals surface area (Å²) >= 11 is 0. The summed E-state index contributed by atoms with van der Waals surface area (Å²) in [5, 5.41) is 3.03. The molecule has 3 heteroatoms. The number of carbonyl (C=O) groups is 1. The molecule has 1 amide bonds. The first kappa shape index (κ1) is 13.4. The molecule has 0 radical (unpaired) electrons. The monoisotopic (exact) mass is 200 g/mol. The van der Waals surface area contributed by atoms with Crippen molar-refractivity contribution in [3.8, 4) is 0 Å². The molecule has 3 nitrogen and oxygen atoms in total. The lowest BCUT2D eigenvalue weighted by Crippen LogP contribution is -2.38. The van der Waals surface area contributed by atoms with E-state index in [1.54, 1.807) is 0 Å². The van der Waals surface area contributed by atoms with Gasteiger partial charge in [0.1, 0.15) is 0 Å². The smallest absolute Gasteiger partial charge is 0.223 e. The van der Waals surface area contributed by atoms with Crippen LogP contribution in [0.5, 0.6) is 0 Å². The second-order valence-corrected chi connectivity index (χ2v) is 3.88. The highest BCUT2D eigenvalue weighted by Gasteiger charge is 2.14. The summed E-state index contributed by atoms with van der Waals surface area (Å²) in [6.07, 6.45) is 3.86. The number of rotatable bonds is 7. The maximum Gasteiger partial charge on any atom is 0.223 e. The lowest BCUT2D eigenvalue weighted by molar-refractivity contribution is -0.125. The van der Waals surface area contributed by atoms with Crippen LogP contribution >= 0.6 is 0 Å². The highest BCUT2D eigenvalue weighted by atomic mass is 16.1. The Labute approximate surface area is 87.4 Å². The summed E-state index contributed by atoms with van der Waals surface area (Å²) < 4.78 is 0. The molecule has 0 bridgehead atoms. The lowest BCUT2D eigenvalue weighted by Gasteiger charge is -2.18. The molecule has 0 aromatic rings. The zero-order valence-corrected chi connectivity index (χ0v) is 9.68. The summed E-state index contributed by atoms with van der Waals surface area (Å²) in [5.41, 5.74) is 5.46. The molecule has 0 rings (SSSR count). The normalized spacial score (nSPS) is 14.9. The Kier molecular flexibility index (Phi) is 7.48. The molecule has 0 saturated carbocycles. The molecule has 2 unspecified atom stereocenters. The maximum absolute atomic E-state index is 11.6. The molecule has 0 aromatic carbocycles. The molecular weight excluding hydrogens is 176 g/mol. The van der Waals surface area contributed by atoms with Crippen molar-refractivity contribution in [2.75, 3.05) is 6.54 Å². The number of hydrogen-bond acceptors (Lipinski definition) is 2. The van der Waals surface area contributed by atoms with E-state index in [0.717, 1.165) is 25.7 Å². The Balaban J connectivity index is 3.88. The first-order chi connectivity index (χ1) is 6.65. The Morgan fingerprint density at radius 3 is 2.43 bits per heavy atom. The predicted molar refractivity (Wildman–Crippen MR) is 60.0 cm³/mol. The van der Waals surface area contributed by atoms with Crippen LogP contribution in [0, 0.1) is 5.92 Å². The standard InChI is InChI=1S/C11H24N2O/c1-4-6-9(3)11(14)13-10(5-2)7-8-12/h9-10H,4-8,12H2,1-3H3,(H,13,14). The summed E-state index contributed by atoms with van der Waals surface area (Å²) in [7, 11) is 0. The third kappa shape index (κ3) is 5.22. The molecular formula is C11H24N2O. The maximum atomic E-state index is 11.6. The van der Waals surface area contributed by atoms with Crippen LogP contribution in [0.15, 0.2) is 0 Å². The second kappa shape index (κ2) is 7.80. The van der Waals surface area contributed by atoms with Gasteiger partial charge in [0, 0.05) is 12.0 Å². The highest BCUT2D eigenvalue weighted by molar-refractivity contribution is 5.78. The molecule has 0 aliphatic heterocycles. The molecule has 0 aliphatic rings. The van der Waals surface area contributed by atoms with E-state index in [0.29, 0.717) is 6.54 Å². The molecule has 2 atom stereocenters. The quantitative estimate of drug-likeness (QED) is 0.657. The van der Waals surface area contributed by atoms with Gasteiger partial charge in [-0.3, -0.25) is 4.79 Å². The van der Waals surface area contributed by atoms with Crippen molar-refractivity contribution in [3.63, 3.8) is 0 Å². The molecule has 0 aromatic heterocycles. The van der Waals surface area contributed by atoms with E-state index in [1.165, 1.54) is 0 Å². The Morgan fingerprint density at radius 1 is 1.36 bits per heavy atom. The van der Waals surface area contributed by atoms with Crippen LogP contribution in [0.1, 0.15) is 46.5 Å². The van der Waals surface area contributed by atoms with Gasteiger partial charge in [-0.05, 0) is 25.8 Å². The molecule has 0 heterocycles. The van der Waals surface area contributed by atoms with Gasteiger partial charge in [-0.15, -0.1) is 0 Å². The summed E-state index contributed by atoms with van der Waals surface area (Å²) in [6.45, 7) is 6.79. The third-order valence-electron chi connectivity index (χ3n) is 2.52. The van der Waals surface area contributed by atoms with Crippen LogP contribution in [-0.4, -0.2) is 18.5 Å². The van der Waals surface area contributed by atoms with Crippen molar-refractivity contribution in [3.05, 3.63) is 0 Å². The van der Waals surface area contributed by atoms with E-state index < -0.39 is 0 Å². The van der Waals surface area contributed by atoms with Crippen LogP contribution in [0.25, 0.3) is 0 Å². The number of nitrogens with two attached hydrogens (primary N) is 1. The van der Waals surface area contributed by atoms with E-state index >= 15 is 0 Å². The molecule has 84 valence electrons. The fourth-order valence-corrected chi connectivity index (χ4v) is 1.49. The van der Waals surface area contributed by atoms with E-state index in [4.69, 9.17) is 5.73 Å². The third-order valence-corrected chi connectivity index (χ3v) is 2.52. The Morgan fingerprint density at radius 2 is 2.00 bits per heavy atom. The number of nitrogens with one attached hydrogen (secondary N) is 1. The van der Waals surface area contributed by atoms with Crippen molar-refractivity contribution < 1.29 is 4.79 Å². The van der Waals surface area contributed by atoms with E-state index in [1.807, 2.05) is 6.92 Å². The summed E-state index contributed by atoms with van der Waals surface area (Å²) in [4.78, 5) is 11.6. The molecule has 0 spiro atoms. The van der Waals surface area contributed by atoms with Crippen molar-refractivity contribution in [1.82, 2.24) is 5.32 Å². The highest BCUT2D eigenvalue weighted by Crippen LogP contribution is 2.06. The van der Waals surface area contributed by atoms with E-state index in [9.17, 15) is 4.79 Å². The first-order valence-electron chi connectivity index (χ1n) is 5.66. The van der Waals surface area contributed by atoms with Crippen LogP contribution in [0.3, 0.4) is 0 Å². The Hall–Kier alpha value is -0.570. The van der Waals surface area contributed by atoms with Gasteiger partial charge in [-0.1, -0.05) is 27.2 Å². The number of amides is 1. The minimum absolute atomic E-state index is 0.131. The average molecular weight is 200 g/mol. The molecule has 3 N–H and O–H groups in total. The fraction of sp³-hybridized carbons (Fsp3) is 0.909. The van der Waals surface area contributed by atoms with Crippen molar-refractivity contribution in [1.29, 1.82) is 0 Å². The van der Waals surface area contributed by atoms with Gasteiger partial charge in [0.05, 0.1) is 0 Å². The number of hydrogen-bond donors (Lipinski definition) is 2. The molecule has 14 heavy (non-hydrogen) atoms.